The molecule has 1 aliphatic heterocycles. The van der Waals surface area contributed by atoms with Crippen LogP contribution in [0.3, 0.4) is 0 Å². The summed E-state index contributed by atoms with van der Waals surface area (Å²) in [4.78, 5) is 21.4. The van der Waals surface area contributed by atoms with Crippen LogP contribution in [0.1, 0.15) is 5.69 Å². The molecular weight excluding hydrogens is 386 g/mol. The Morgan fingerprint density at radius 1 is 1.15 bits per heavy atom. The quantitative estimate of drug-likeness (QED) is 0.647. The van der Waals surface area contributed by atoms with E-state index in [2.05, 4.69) is 27.4 Å². The molecule has 0 saturated carbocycles. The average Bonchev–Trinajstić information content (AvgIpc) is 3.33. The van der Waals surface area contributed by atoms with Crippen molar-refractivity contribution in [3.63, 3.8) is 0 Å². The fourth-order valence-corrected chi connectivity index (χ4v) is 4.78. The number of hydrogen-bond acceptors (Lipinski definition) is 5. The summed E-state index contributed by atoms with van der Waals surface area (Å²) < 4.78 is 0. The highest BCUT2D eigenvalue weighted by molar-refractivity contribution is 7.14. The molecule has 4 nitrogen and oxygen atoms in total. The van der Waals surface area contributed by atoms with E-state index in [1.54, 1.807) is 22.7 Å². The Hall–Kier alpha value is -1.89. The normalized spacial score (nSPS) is 14.7. The van der Waals surface area contributed by atoms with Gasteiger partial charge in [0.25, 0.3) is 0 Å². The Balaban J connectivity index is 1.34. The third-order valence-corrected chi connectivity index (χ3v) is 6.32. The summed E-state index contributed by atoms with van der Waals surface area (Å²) in [5.74, 6) is 0.151. The topological polar surface area (TPSA) is 36.4 Å². The van der Waals surface area contributed by atoms with E-state index in [0.717, 1.165) is 53.2 Å². The van der Waals surface area contributed by atoms with E-state index in [-0.39, 0.29) is 5.91 Å². The van der Waals surface area contributed by atoms with Gasteiger partial charge in [-0.3, -0.25) is 4.79 Å². The molecule has 0 bridgehead atoms. The molecular formula is C19H18ClN3OS2. The number of halogens is 1. The van der Waals surface area contributed by atoms with Gasteiger partial charge in [-0.15, -0.1) is 11.3 Å². The van der Waals surface area contributed by atoms with Crippen molar-refractivity contribution < 1.29 is 4.79 Å². The zero-order valence-electron chi connectivity index (χ0n) is 14.1. The molecule has 0 unspecified atom stereocenters. The fourth-order valence-electron chi connectivity index (χ4n) is 3.06. The van der Waals surface area contributed by atoms with Crippen molar-refractivity contribution in [3.8, 4) is 10.6 Å². The molecule has 3 heterocycles. The number of nitrogens with zero attached hydrogens (tertiary/aromatic N) is 3. The average molecular weight is 404 g/mol. The van der Waals surface area contributed by atoms with Gasteiger partial charge in [0.05, 0.1) is 12.1 Å². The van der Waals surface area contributed by atoms with Gasteiger partial charge in [0.15, 0.2) is 0 Å². The van der Waals surface area contributed by atoms with Crippen LogP contribution in [0.25, 0.3) is 10.6 Å². The number of carbonyl (C=O) groups is 1. The lowest BCUT2D eigenvalue weighted by atomic mass is 10.2. The van der Waals surface area contributed by atoms with Gasteiger partial charge in [-0.1, -0.05) is 17.7 Å². The lowest BCUT2D eigenvalue weighted by Gasteiger charge is -2.36. The molecule has 0 spiro atoms. The highest BCUT2D eigenvalue weighted by Crippen LogP contribution is 2.26. The van der Waals surface area contributed by atoms with Gasteiger partial charge in [-0.2, -0.15) is 11.3 Å². The Morgan fingerprint density at radius 3 is 2.73 bits per heavy atom. The summed E-state index contributed by atoms with van der Waals surface area (Å²) in [7, 11) is 0. The second-order valence-electron chi connectivity index (χ2n) is 6.18. The maximum Gasteiger partial charge on any atom is 0.228 e. The van der Waals surface area contributed by atoms with Gasteiger partial charge in [0.2, 0.25) is 5.91 Å². The Kier molecular flexibility index (Phi) is 5.24. The van der Waals surface area contributed by atoms with E-state index < -0.39 is 0 Å². The van der Waals surface area contributed by atoms with Crippen LogP contribution in [0.15, 0.2) is 46.5 Å². The van der Waals surface area contributed by atoms with Gasteiger partial charge in [0.1, 0.15) is 5.01 Å². The Bertz CT molecular complexity index is 886. The van der Waals surface area contributed by atoms with Crippen LogP contribution in [-0.4, -0.2) is 42.0 Å². The van der Waals surface area contributed by atoms with E-state index in [0.29, 0.717) is 6.42 Å². The van der Waals surface area contributed by atoms with Crippen molar-refractivity contribution in [1.29, 1.82) is 0 Å². The summed E-state index contributed by atoms with van der Waals surface area (Å²) >= 11 is 9.33. The predicted octanol–water partition coefficient (Wildman–Crippen LogP) is 4.42. The first-order chi connectivity index (χ1) is 12.7. The number of benzene rings is 1. The molecule has 26 heavy (non-hydrogen) atoms. The number of amides is 1. The molecule has 1 fully saturated rings. The number of thiophene rings is 1. The molecule has 0 atom stereocenters. The maximum atomic E-state index is 12.6. The number of rotatable bonds is 4. The van der Waals surface area contributed by atoms with Crippen LogP contribution in [0.4, 0.5) is 5.69 Å². The van der Waals surface area contributed by atoms with E-state index in [1.165, 1.54) is 0 Å². The monoisotopic (exact) mass is 403 g/mol. The maximum absolute atomic E-state index is 12.6. The van der Waals surface area contributed by atoms with Crippen LogP contribution < -0.4 is 4.90 Å². The van der Waals surface area contributed by atoms with E-state index in [1.807, 2.05) is 33.9 Å². The molecule has 1 aliphatic rings. The predicted molar refractivity (Wildman–Crippen MR) is 109 cm³/mol. The van der Waals surface area contributed by atoms with Crippen LogP contribution in [0.5, 0.6) is 0 Å². The van der Waals surface area contributed by atoms with Gasteiger partial charge in [-0.25, -0.2) is 4.98 Å². The molecule has 3 aromatic rings. The standard InChI is InChI=1S/C19H18ClN3OS2/c20-15-2-1-3-17(10-15)22-5-7-23(8-6-22)18(24)11-16-13-26-19(21-16)14-4-9-25-12-14/h1-4,9-10,12-13H,5-8,11H2. The van der Waals surface area contributed by atoms with Gasteiger partial charge >= 0.3 is 0 Å². The van der Waals surface area contributed by atoms with Crippen LogP contribution in [0, 0.1) is 0 Å². The van der Waals surface area contributed by atoms with Gasteiger partial charge in [-0.05, 0) is 29.6 Å². The van der Waals surface area contributed by atoms with Crippen molar-refractivity contribution in [2.75, 3.05) is 31.1 Å². The highest BCUT2D eigenvalue weighted by Gasteiger charge is 2.22. The zero-order valence-corrected chi connectivity index (χ0v) is 16.5. The van der Waals surface area contributed by atoms with E-state index in [4.69, 9.17) is 11.6 Å². The largest absolute Gasteiger partial charge is 0.368 e. The lowest BCUT2D eigenvalue weighted by Crippen LogP contribution is -2.49. The van der Waals surface area contributed by atoms with Gasteiger partial charge < -0.3 is 9.80 Å². The molecule has 2 aromatic heterocycles. The Labute approximate surface area is 165 Å². The summed E-state index contributed by atoms with van der Waals surface area (Å²) in [6, 6.07) is 9.93. The van der Waals surface area contributed by atoms with Crippen molar-refractivity contribution in [2.45, 2.75) is 6.42 Å². The minimum absolute atomic E-state index is 0.151. The summed E-state index contributed by atoms with van der Waals surface area (Å²) in [5, 5.41) is 7.85. The molecule has 1 saturated heterocycles. The molecule has 134 valence electrons. The number of hydrogen-bond donors (Lipinski definition) is 0. The number of piperazine rings is 1. The minimum atomic E-state index is 0.151. The first-order valence-corrected chi connectivity index (χ1v) is 10.6. The number of aromatic nitrogens is 1. The number of anilines is 1. The summed E-state index contributed by atoms with van der Waals surface area (Å²) in [6.07, 6.45) is 0.373. The zero-order chi connectivity index (χ0) is 17.9. The molecule has 4 rings (SSSR count). The van der Waals surface area contributed by atoms with Crippen molar-refractivity contribution >= 4 is 45.9 Å². The first kappa shape index (κ1) is 17.5. The molecule has 0 radical (unpaired) electrons. The third kappa shape index (κ3) is 3.92. The smallest absolute Gasteiger partial charge is 0.228 e. The highest BCUT2D eigenvalue weighted by atomic mass is 35.5. The van der Waals surface area contributed by atoms with Crippen LogP contribution in [-0.2, 0) is 11.2 Å². The second-order valence-corrected chi connectivity index (χ2v) is 8.26. The molecule has 0 aliphatic carbocycles. The summed E-state index contributed by atoms with van der Waals surface area (Å²) in [6.45, 7) is 3.10. The number of thiazole rings is 1. The minimum Gasteiger partial charge on any atom is -0.368 e. The van der Waals surface area contributed by atoms with Crippen molar-refractivity contribution in [3.05, 3.63) is 57.2 Å². The van der Waals surface area contributed by atoms with Crippen molar-refractivity contribution in [2.24, 2.45) is 0 Å². The first-order valence-electron chi connectivity index (χ1n) is 8.44. The fraction of sp³-hybridized carbons (Fsp3) is 0.263. The molecule has 1 aromatic carbocycles. The second kappa shape index (κ2) is 7.78. The van der Waals surface area contributed by atoms with E-state index >= 15 is 0 Å². The van der Waals surface area contributed by atoms with Crippen molar-refractivity contribution in [1.82, 2.24) is 9.88 Å². The summed E-state index contributed by atoms with van der Waals surface area (Å²) in [5.41, 5.74) is 3.11. The lowest BCUT2D eigenvalue weighted by molar-refractivity contribution is -0.130. The Morgan fingerprint density at radius 2 is 2.00 bits per heavy atom. The molecule has 1 amide bonds. The SMILES string of the molecule is O=C(Cc1csc(-c2ccsc2)n1)N1CCN(c2cccc(Cl)c2)CC1. The van der Waals surface area contributed by atoms with Crippen LogP contribution in [0.2, 0.25) is 5.02 Å². The van der Waals surface area contributed by atoms with E-state index in [9.17, 15) is 4.79 Å². The number of carbonyl (C=O) groups excluding carboxylic acids is 1. The third-order valence-electron chi connectivity index (χ3n) is 4.46. The molecule has 0 N–H and O–H groups in total. The molecule has 7 heteroatoms. The van der Waals surface area contributed by atoms with Gasteiger partial charge in [0, 0.05) is 53.2 Å². The van der Waals surface area contributed by atoms with Crippen LogP contribution >= 0.6 is 34.3 Å².